The van der Waals surface area contributed by atoms with Crippen molar-refractivity contribution in [2.24, 2.45) is 0 Å². The Morgan fingerprint density at radius 1 is 1.19 bits per heavy atom. The molecule has 0 unspecified atom stereocenters. The van der Waals surface area contributed by atoms with Crippen molar-refractivity contribution in [3.8, 4) is 0 Å². The number of nitrogens with one attached hydrogen (secondary N) is 2. The van der Waals surface area contributed by atoms with Crippen molar-refractivity contribution >= 4 is 22.1 Å². The summed E-state index contributed by atoms with van der Waals surface area (Å²) in [5.41, 5.74) is 1.96. The molecule has 7 heteroatoms. The number of non-ortho nitro benzene ring substituents is 1. The molecule has 7 nitrogen and oxygen atoms in total. The molecular formula is C14H13N5O2. The summed E-state index contributed by atoms with van der Waals surface area (Å²) < 4.78 is 0. The molecule has 0 atom stereocenters. The van der Waals surface area contributed by atoms with Gasteiger partial charge in [0.05, 0.1) is 16.6 Å². The van der Waals surface area contributed by atoms with Gasteiger partial charge in [-0.3, -0.25) is 15.1 Å². The minimum absolute atomic E-state index is 0.0894. The topological polar surface area (TPSA) is 96.7 Å². The van der Waals surface area contributed by atoms with Gasteiger partial charge in [-0.05, 0) is 12.1 Å². The van der Waals surface area contributed by atoms with Crippen LogP contribution in [0.5, 0.6) is 0 Å². The van der Waals surface area contributed by atoms with Crippen LogP contribution in [0.15, 0.2) is 43.1 Å². The van der Waals surface area contributed by atoms with Crippen LogP contribution in [0.1, 0.15) is 5.69 Å². The molecule has 0 fully saturated rings. The Labute approximate surface area is 120 Å². The van der Waals surface area contributed by atoms with Crippen LogP contribution in [-0.2, 0) is 6.42 Å². The first-order valence-corrected chi connectivity index (χ1v) is 6.48. The van der Waals surface area contributed by atoms with Gasteiger partial charge in [0.25, 0.3) is 5.69 Å². The first-order chi connectivity index (χ1) is 10.3. The predicted octanol–water partition coefficient (Wildman–Crippen LogP) is 2.52. The first kappa shape index (κ1) is 13.0. The van der Waals surface area contributed by atoms with Gasteiger partial charge in [-0.1, -0.05) is 0 Å². The van der Waals surface area contributed by atoms with E-state index in [0.29, 0.717) is 11.9 Å². The number of hydrogen-bond donors (Lipinski definition) is 2. The molecule has 21 heavy (non-hydrogen) atoms. The van der Waals surface area contributed by atoms with Crippen LogP contribution in [0.25, 0.3) is 10.8 Å². The highest BCUT2D eigenvalue weighted by molar-refractivity contribution is 5.99. The summed E-state index contributed by atoms with van der Waals surface area (Å²) in [6.07, 6.45) is 7.40. The van der Waals surface area contributed by atoms with Gasteiger partial charge in [-0.2, -0.15) is 0 Å². The second-order valence-corrected chi connectivity index (χ2v) is 4.56. The summed E-state index contributed by atoms with van der Waals surface area (Å²) in [6, 6.07) is 4.89. The van der Waals surface area contributed by atoms with Crippen LogP contribution >= 0.6 is 0 Å². The van der Waals surface area contributed by atoms with E-state index >= 15 is 0 Å². The molecule has 0 amide bonds. The average Bonchev–Trinajstić information content (AvgIpc) is 3.00. The normalized spacial score (nSPS) is 10.7. The SMILES string of the molecule is O=[N+]([O-])c1ccc(NCCc2cnc[nH]2)c2cnccc12. The van der Waals surface area contributed by atoms with Gasteiger partial charge in [0.1, 0.15) is 0 Å². The lowest BCUT2D eigenvalue weighted by Gasteiger charge is -2.09. The van der Waals surface area contributed by atoms with Gasteiger partial charge < -0.3 is 10.3 Å². The van der Waals surface area contributed by atoms with E-state index in [-0.39, 0.29) is 10.6 Å². The van der Waals surface area contributed by atoms with Crippen molar-refractivity contribution < 1.29 is 4.92 Å². The zero-order chi connectivity index (χ0) is 14.7. The lowest BCUT2D eigenvalue weighted by Crippen LogP contribution is -2.06. The number of aromatic amines is 1. The maximum atomic E-state index is 11.0. The number of nitro groups is 1. The van der Waals surface area contributed by atoms with Gasteiger partial charge in [0, 0.05) is 54.4 Å². The fourth-order valence-corrected chi connectivity index (χ4v) is 2.24. The summed E-state index contributed by atoms with van der Waals surface area (Å²) >= 11 is 0. The van der Waals surface area contributed by atoms with Crippen molar-refractivity contribution in [1.82, 2.24) is 15.0 Å². The fraction of sp³-hybridized carbons (Fsp3) is 0.143. The van der Waals surface area contributed by atoms with E-state index in [9.17, 15) is 10.1 Å². The Morgan fingerprint density at radius 3 is 2.86 bits per heavy atom. The van der Waals surface area contributed by atoms with Gasteiger partial charge in [0.2, 0.25) is 0 Å². The quantitative estimate of drug-likeness (QED) is 0.554. The number of benzene rings is 1. The van der Waals surface area contributed by atoms with Crippen LogP contribution < -0.4 is 5.32 Å². The van der Waals surface area contributed by atoms with Crippen molar-refractivity contribution in [2.45, 2.75) is 6.42 Å². The van der Waals surface area contributed by atoms with Crippen molar-refractivity contribution in [3.63, 3.8) is 0 Å². The number of rotatable bonds is 5. The van der Waals surface area contributed by atoms with E-state index in [0.717, 1.165) is 23.2 Å². The highest BCUT2D eigenvalue weighted by atomic mass is 16.6. The predicted molar refractivity (Wildman–Crippen MR) is 79.2 cm³/mol. The van der Waals surface area contributed by atoms with E-state index < -0.39 is 0 Å². The lowest BCUT2D eigenvalue weighted by atomic mass is 10.1. The fourth-order valence-electron chi connectivity index (χ4n) is 2.24. The number of imidazole rings is 1. The number of anilines is 1. The van der Waals surface area contributed by atoms with Crippen LogP contribution in [0.2, 0.25) is 0 Å². The van der Waals surface area contributed by atoms with E-state index in [2.05, 4.69) is 20.3 Å². The van der Waals surface area contributed by atoms with Crippen LogP contribution in [0.3, 0.4) is 0 Å². The molecule has 2 aromatic heterocycles. The maximum absolute atomic E-state index is 11.0. The minimum atomic E-state index is -0.378. The Balaban J connectivity index is 1.85. The molecule has 0 radical (unpaired) electrons. The molecule has 2 heterocycles. The Kier molecular flexibility index (Phi) is 3.46. The first-order valence-electron chi connectivity index (χ1n) is 6.48. The molecule has 0 saturated carbocycles. The molecule has 0 spiro atoms. The zero-order valence-electron chi connectivity index (χ0n) is 11.1. The van der Waals surface area contributed by atoms with Gasteiger partial charge in [-0.25, -0.2) is 4.98 Å². The van der Waals surface area contributed by atoms with E-state index in [1.54, 1.807) is 37.1 Å². The highest BCUT2D eigenvalue weighted by Crippen LogP contribution is 2.30. The molecule has 0 aliphatic rings. The van der Waals surface area contributed by atoms with E-state index in [4.69, 9.17) is 0 Å². The van der Waals surface area contributed by atoms with Crippen molar-refractivity contribution in [2.75, 3.05) is 11.9 Å². The Hall–Kier alpha value is -2.96. The van der Waals surface area contributed by atoms with E-state index in [1.165, 1.54) is 6.07 Å². The summed E-state index contributed by atoms with van der Waals surface area (Å²) in [6.45, 7) is 0.698. The smallest absolute Gasteiger partial charge is 0.277 e. The van der Waals surface area contributed by atoms with Gasteiger partial charge >= 0.3 is 0 Å². The number of pyridine rings is 1. The van der Waals surface area contributed by atoms with Crippen LogP contribution in [-0.4, -0.2) is 26.4 Å². The maximum Gasteiger partial charge on any atom is 0.277 e. The molecule has 106 valence electrons. The number of nitro benzene ring substituents is 1. The zero-order valence-corrected chi connectivity index (χ0v) is 11.1. The number of H-pyrrole nitrogens is 1. The largest absolute Gasteiger partial charge is 0.384 e. The standard InChI is InChI=1S/C14H13N5O2/c20-19(21)14-2-1-13(12-8-15-5-4-11(12)14)17-6-3-10-7-16-9-18-10/h1-2,4-5,7-9,17H,3,6H2,(H,16,18). The van der Waals surface area contributed by atoms with Gasteiger partial charge in [-0.15, -0.1) is 0 Å². The van der Waals surface area contributed by atoms with Crippen molar-refractivity contribution in [3.05, 3.63) is 58.9 Å². The Morgan fingerprint density at radius 2 is 2.10 bits per heavy atom. The molecule has 0 aliphatic heterocycles. The van der Waals surface area contributed by atoms with E-state index in [1.807, 2.05) is 0 Å². The summed E-state index contributed by atoms with van der Waals surface area (Å²) in [5, 5.41) is 15.7. The van der Waals surface area contributed by atoms with Crippen LogP contribution in [0, 0.1) is 10.1 Å². The molecule has 0 saturated heterocycles. The lowest BCUT2D eigenvalue weighted by molar-refractivity contribution is -0.383. The minimum Gasteiger partial charge on any atom is -0.384 e. The molecule has 1 aromatic carbocycles. The second kappa shape index (κ2) is 5.58. The third kappa shape index (κ3) is 2.66. The number of fused-ring (bicyclic) bond motifs is 1. The van der Waals surface area contributed by atoms with Crippen LogP contribution in [0.4, 0.5) is 11.4 Å². The molecule has 3 aromatic rings. The molecule has 0 aliphatic carbocycles. The molecule has 0 bridgehead atoms. The number of nitrogens with zero attached hydrogens (tertiary/aromatic N) is 3. The Bertz CT molecular complexity index is 770. The molecular weight excluding hydrogens is 270 g/mol. The third-order valence-corrected chi connectivity index (χ3v) is 3.26. The highest BCUT2D eigenvalue weighted by Gasteiger charge is 2.13. The molecule has 2 N–H and O–H groups in total. The molecule has 3 rings (SSSR count). The summed E-state index contributed by atoms with van der Waals surface area (Å²) in [5.74, 6) is 0. The monoisotopic (exact) mass is 283 g/mol. The third-order valence-electron chi connectivity index (χ3n) is 3.26. The summed E-state index contributed by atoms with van der Waals surface area (Å²) in [4.78, 5) is 21.7. The average molecular weight is 283 g/mol. The number of aromatic nitrogens is 3. The second-order valence-electron chi connectivity index (χ2n) is 4.56. The van der Waals surface area contributed by atoms with Crippen molar-refractivity contribution in [1.29, 1.82) is 0 Å². The van der Waals surface area contributed by atoms with Gasteiger partial charge in [0.15, 0.2) is 0 Å². The number of hydrogen-bond acceptors (Lipinski definition) is 5. The summed E-state index contributed by atoms with van der Waals surface area (Å²) in [7, 11) is 0.